The monoisotopic (exact) mass is 234 g/mol. The Labute approximate surface area is 101 Å². The summed E-state index contributed by atoms with van der Waals surface area (Å²) in [6.45, 7) is 3.14. The molecule has 1 fully saturated rings. The summed E-state index contributed by atoms with van der Waals surface area (Å²) in [5.74, 6) is 1.79. The zero-order valence-corrected chi connectivity index (χ0v) is 10.5. The average molecular weight is 234 g/mol. The highest BCUT2D eigenvalue weighted by molar-refractivity contribution is 7.09. The number of thiazole rings is 1. The van der Waals surface area contributed by atoms with E-state index in [2.05, 4.69) is 34.8 Å². The Morgan fingerprint density at radius 2 is 2.50 bits per heavy atom. The molecule has 1 saturated carbocycles. The molecule has 0 saturated heterocycles. The van der Waals surface area contributed by atoms with Crippen molar-refractivity contribution < 1.29 is 0 Å². The molecule has 3 unspecified atom stereocenters. The molecule has 86 valence electrons. The van der Waals surface area contributed by atoms with Crippen molar-refractivity contribution >= 4 is 11.3 Å². The molecule has 3 heteroatoms. The first-order valence-corrected chi connectivity index (χ1v) is 7.02. The van der Waals surface area contributed by atoms with E-state index in [-0.39, 0.29) is 0 Å². The van der Waals surface area contributed by atoms with Gasteiger partial charge in [0, 0.05) is 30.1 Å². The third kappa shape index (κ3) is 1.94. The summed E-state index contributed by atoms with van der Waals surface area (Å²) in [4.78, 5) is 4.48. The Kier molecular flexibility index (Phi) is 2.82. The number of aromatic nitrogens is 1. The van der Waals surface area contributed by atoms with Gasteiger partial charge in [-0.1, -0.05) is 12.2 Å². The van der Waals surface area contributed by atoms with Crippen LogP contribution in [0.25, 0.3) is 0 Å². The Morgan fingerprint density at radius 1 is 1.56 bits per heavy atom. The van der Waals surface area contributed by atoms with Crippen LogP contribution in [0.3, 0.4) is 0 Å². The van der Waals surface area contributed by atoms with Crippen LogP contribution in [0.5, 0.6) is 0 Å². The van der Waals surface area contributed by atoms with Crippen molar-refractivity contribution in [2.75, 3.05) is 6.54 Å². The highest BCUT2D eigenvalue weighted by atomic mass is 32.1. The van der Waals surface area contributed by atoms with Crippen LogP contribution >= 0.6 is 11.3 Å². The largest absolute Gasteiger partial charge is 0.313 e. The molecule has 0 spiro atoms. The highest BCUT2D eigenvalue weighted by Crippen LogP contribution is 2.42. The fourth-order valence-electron chi connectivity index (χ4n) is 2.83. The molecule has 2 nitrogen and oxygen atoms in total. The first-order valence-electron chi connectivity index (χ1n) is 6.14. The quantitative estimate of drug-likeness (QED) is 0.810. The second-order valence-electron chi connectivity index (χ2n) is 4.93. The van der Waals surface area contributed by atoms with Gasteiger partial charge in [-0.15, -0.1) is 11.3 Å². The van der Waals surface area contributed by atoms with Gasteiger partial charge in [0.15, 0.2) is 0 Å². The van der Waals surface area contributed by atoms with E-state index >= 15 is 0 Å². The zero-order valence-electron chi connectivity index (χ0n) is 9.65. The number of allylic oxidation sites excluding steroid dienone is 1. The molecule has 1 aromatic heterocycles. The molecule has 0 bridgehead atoms. The molecule has 0 aromatic carbocycles. The van der Waals surface area contributed by atoms with Gasteiger partial charge in [0.05, 0.1) is 5.01 Å². The Hall–Kier alpha value is -0.670. The number of nitrogens with one attached hydrogen (secondary N) is 1. The fraction of sp³-hybridized carbons (Fsp3) is 0.615. The third-order valence-electron chi connectivity index (χ3n) is 3.77. The predicted octanol–water partition coefficient (Wildman–Crippen LogP) is 2.55. The smallest absolute Gasteiger partial charge is 0.0940 e. The molecule has 2 aliphatic rings. The fourth-order valence-corrected chi connectivity index (χ4v) is 3.61. The Bertz CT molecular complexity index is 396. The summed E-state index contributed by atoms with van der Waals surface area (Å²) in [6, 6.07) is 0.741. The van der Waals surface area contributed by atoms with E-state index < -0.39 is 0 Å². The van der Waals surface area contributed by atoms with Gasteiger partial charge in [-0.3, -0.25) is 0 Å². The molecular weight excluding hydrogens is 216 g/mol. The Balaban J connectivity index is 1.42. The van der Waals surface area contributed by atoms with E-state index in [0.29, 0.717) is 0 Å². The minimum absolute atomic E-state index is 0.741. The summed E-state index contributed by atoms with van der Waals surface area (Å²) in [5.41, 5.74) is 1.16. The van der Waals surface area contributed by atoms with Crippen molar-refractivity contribution in [3.8, 4) is 0 Å². The molecule has 0 amide bonds. The molecule has 1 heterocycles. The molecular formula is C13H18N2S. The topological polar surface area (TPSA) is 24.9 Å². The van der Waals surface area contributed by atoms with Crippen LogP contribution in [0.15, 0.2) is 17.5 Å². The van der Waals surface area contributed by atoms with Crippen LogP contribution in [0.1, 0.15) is 23.5 Å². The standard InChI is InChI=1S/C13H18N2S/c1-9-8-16-13(15-9)5-6-14-12-7-10-3-2-4-11(10)12/h2,4,8,10-12,14H,3,5-7H2,1H3. The van der Waals surface area contributed by atoms with Crippen LogP contribution in [0.2, 0.25) is 0 Å². The van der Waals surface area contributed by atoms with Crippen LogP contribution in [0.4, 0.5) is 0 Å². The lowest BCUT2D eigenvalue weighted by Gasteiger charge is -2.40. The molecule has 2 aliphatic carbocycles. The molecule has 1 aromatic rings. The van der Waals surface area contributed by atoms with E-state index in [1.54, 1.807) is 11.3 Å². The third-order valence-corrected chi connectivity index (χ3v) is 4.80. The molecule has 0 aliphatic heterocycles. The van der Waals surface area contributed by atoms with Gasteiger partial charge in [0.1, 0.15) is 0 Å². The van der Waals surface area contributed by atoms with Crippen molar-refractivity contribution in [3.63, 3.8) is 0 Å². The SMILES string of the molecule is Cc1csc(CCNC2CC3CC=CC32)n1. The van der Waals surface area contributed by atoms with E-state index in [4.69, 9.17) is 0 Å². The van der Waals surface area contributed by atoms with Crippen molar-refractivity contribution in [3.05, 3.63) is 28.2 Å². The minimum Gasteiger partial charge on any atom is -0.313 e. The number of aryl methyl sites for hydroxylation is 1. The highest BCUT2D eigenvalue weighted by Gasteiger charge is 2.40. The summed E-state index contributed by atoms with van der Waals surface area (Å²) in [5, 5.41) is 7.06. The van der Waals surface area contributed by atoms with Crippen molar-refractivity contribution in [2.45, 2.75) is 32.2 Å². The first kappa shape index (κ1) is 10.5. The number of nitrogens with zero attached hydrogens (tertiary/aromatic N) is 1. The summed E-state index contributed by atoms with van der Waals surface area (Å²) in [7, 11) is 0. The molecule has 0 radical (unpaired) electrons. The predicted molar refractivity (Wildman–Crippen MR) is 67.7 cm³/mol. The van der Waals surface area contributed by atoms with Gasteiger partial charge in [-0.25, -0.2) is 4.98 Å². The maximum atomic E-state index is 4.48. The molecule has 3 atom stereocenters. The average Bonchev–Trinajstić information content (AvgIpc) is 2.80. The maximum absolute atomic E-state index is 4.48. The molecule has 16 heavy (non-hydrogen) atoms. The van der Waals surface area contributed by atoms with Crippen LogP contribution < -0.4 is 5.32 Å². The van der Waals surface area contributed by atoms with E-state index in [1.807, 2.05) is 0 Å². The number of hydrogen-bond donors (Lipinski definition) is 1. The van der Waals surface area contributed by atoms with E-state index in [1.165, 1.54) is 17.8 Å². The number of fused-ring (bicyclic) bond motifs is 1. The second kappa shape index (κ2) is 4.30. The lowest BCUT2D eigenvalue weighted by molar-refractivity contribution is 0.164. The maximum Gasteiger partial charge on any atom is 0.0940 e. The van der Waals surface area contributed by atoms with Gasteiger partial charge in [-0.05, 0) is 31.6 Å². The lowest BCUT2D eigenvalue weighted by atomic mass is 9.71. The van der Waals surface area contributed by atoms with Gasteiger partial charge >= 0.3 is 0 Å². The number of hydrogen-bond acceptors (Lipinski definition) is 3. The lowest BCUT2D eigenvalue weighted by Crippen LogP contribution is -2.48. The van der Waals surface area contributed by atoms with Gasteiger partial charge in [0.2, 0.25) is 0 Å². The molecule has 3 rings (SSSR count). The number of rotatable bonds is 4. The van der Waals surface area contributed by atoms with Crippen molar-refractivity contribution in [1.82, 2.24) is 10.3 Å². The van der Waals surface area contributed by atoms with E-state index in [9.17, 15) is 0 Å². The normalized spacial score (nSPS) is 31.4. The van der Waals surface area contributed by atoms with Gasteiger partial charge in [-0.2, -0.15) is 0 Å². The van der Waals surface area contributed by atoms with E-state index in [0.717, 1.165) is 36.5 Å². The minimum atomic E-state index is 0.741. The van der Waals surface area contributed by atoms with Crippen molar-refractivity contribution in [1.29, 1.82) is 0 Å². The van der Waals surface area contributed by atoms with Crippen LogP contribution in [-0.4, -0.2) is 17.6 Å². The van der Waals surface area contributed by atoms with Crippen LogP contribution in [-0.2, 0) is 6.42 Å². The summed E-state index contributed by atoms with van der Waals surface area (Å²) in [6.07, 6.45) is 8.51. The van der Waals surface area contributed by atoms with Gasteiger partial charge < -0.3 is 5.32 Å². The summed E-state index contributed by atoms with van der Waals surface area (Å²) >= 11 is 1.78. The van der Waals surface area contributed by atoms with Crippen molar-refractivity contribution in [2.24, 2.45) is 11.8 Å². The van der Waals surface area contributed by atoms with Gasteiger partial charge in [0.25, 0.3) is 0 Å². The Morgan fingerprint density at radius 3 is 3.25 bits per heavy atom. The summed E-state index contributed by atoms with van der Waals surface area (Å²) < 4.78 is 0. The second-order valence-corrected chi connectivity index (χ2v) is 5.87. The molecule has 1 N–H and O–H groups in total. The first-order chi connectivity index (χ1) is 7.83. The zero-order chi connectivity index (χ0) is 11.0. The van der Waals surface area contributed by atoms with Crippen LogP contribution in [0, 0.1) is 18.8 Å².